The molecule has 0 radical (unpaired) electrons. The second-order valence-corrected chi connectivity index (χ2v) is 4.28. The van der Waals surface area contributed by atoms with Crippen molar-refractivity contribution in [2.24, 2.45) is 0 Å². The number of nitrogens with one attached hydrogen (secondary N) is 1. The summed E-state index contributed by atoms with van der Waals surface area (Å²) in [5.41, 5.74) is 0.0844. The smallest absolute Gasteiger partial charge is 0.257 e. The van der Waals surface area contributed by atoms with Crippen LogP contribution in [0, 0.1) is 5.82 Å². The van der Waals surface area contributed by atoms with Crippen LogP contribution in [0.15, 0.2) is 22.7 Å². The summed E-state index contributed by atoms with van der Waals surface area (Å²) in [6.07, 6.45) is 0. The van der Waals surface area contributed by atoms with Gasteiger partial charge in [-0.05, 0) is 35.1 Å². The molecule has 0 aromatic heterocycles. The van der Waals surface area contributed by atoms with E-state index in [-0.39, 0.29) is 11.5 Å². The van der Waals surface area contributed by atoms with Gasteiger partial charge in [0.1, 0.15) is 5.82 Å². The van der Waals surface area contributed by atoms with Gasteiger partial charge in [-0.3, -0.25) is 4.79 Å². The normalized spacial score (nSPS) is 10.2. The fourth-order valence-electron chi connectivity index (χ4n) is 1.27. The number of rotatable bonds is 4. The summed E-state index contributed by atoms with van der Waals surface area (Å²) >= 11 is 3.18. The molecular formula is C11H14BrFN2O. The van der Waals surface area contributed by atoms with Gasteiger partial charge in [-0.1, -0.05) is 6.07 Å². The molecule has 5 heteroatoms. The molecule has 0 spiro atoms. The van der Waals surface area contributed by atoms with Gasteiger partial charge in [0.05, 0.1) is 5.56 Å². The summed E-state index contributed by atoms with van der Waals surface area (Å²) in [5, 5.41) is 2.93. The van der Waals surface area contributed by atoms with Crippen molar-refractivity contribution in [1.29, 1.82) is 0 Å². The van der Waals surface area contributed by atoms with Crippen LogP contribution >= 0.6 is 15.9 Å². The van der Waals surface area contributed by atoms with Crippen LogP contribution in [-0.4, -0.2) is 38.0 Å². The van der Waals surface area contributed by atoms with Gasteiger partial charge in [0.2, 0.25) is 0 Å². The Morgan fingerprint density at radius 3 is 2.81 bits per heavy atom. The number of hydrogen-bond acceptors (Lipinski definition) is 2. The van der Waals surface area contributed by atoms with Crippen LogP contribution in [0.25, 0.3) is 0 Å². The van der Waals surface area contributed by atoms with Crippen molar-refractivity contribution in [3.8, 4) is 0 Å². The van der Waals surface area contributed by atoms with Gasteiger partial charge < -0.3 is 10.2 Å². The zero-order valence-electron chi connectivity index (χ0n) is 9.26. The predicted molar refractivity (Wildman–Crippen MR) is 65.0 cm³/mol. The minimum absolute atomic E-state index is 0.0844. The molecule has 0 unspecified atom stereocenters. The first-order chi connectivity index (χ1) is 7.57. The maximum Gasteiger partial charge on any atom is 0.257 e. The van der Waals surface area contributed by atoms with E-state index in [0.29, 0.717) is 17.6 Å². The van der Waals surface area contributed by atoms with E-state index in [2.05, 4.69) is 21.2 Å². The average molecular weight is 289 g/mol. The fourth-order valence-corrected chi connectivity index (χ4v) is 1.79. The second kappa shape index (κ2) is 5.96. The van der Waals surface area contributed by atoms with Crippen molar-refractivity contribution in [2.45, 2.75) is 0 Å². The average Bonchev–Trinajstić information content (AvgIpc) is 2.25. The lowest BCUT2D eigenvalue weighted by Gasteiger charge is -2.18. The highest BCUT2D eigenvalue weighted by molar-refractivity contribution is 9.10. The number of hydrogen-bond donors (Lipinski definition) is 1. The van der Waals surface area contributed by atoms with Crippen molar-refractivity contribution in [2.75, 3.05) is 27.2 Å². The van der Waals surface area contributed by atoms with Crippen LogP contribution in [0.5, 0.6) is 0 Å². The van der Waals surface area contributed by atoms with Crippen LogP contribution in [0.4, 0.5) is 4.39 Å². The highest BCUT2D eigenvalue weighted by Gasteiger charge is 2.18. The molecule has 1 amide bonds. The second-order valence-electron chi connectivity index (χ2n) is 3.43. The van der Waals surface area contributed by atoms with E-state index in [1.54, 1.807) is 26.2 Å². The van der Waals surface area contributed by atoms with Crippen LogP contribution in [-0.2, 0) is 0 Å². The molecule has 0 bridgehead atoms. The molecule has 0 heterocycles. The number of amides is 1. The summed E-state index contributed by atoms with van der Waals surface area (Å²) in [6, 6.07) is 4.50. The molecule has 16 heavy (non-hydrogen) atoms. The zero-order valence-corrected chi connectivity index (χ0v) is 10.8. The lowest BCUT2D eigenvalue weighted by atomic mass is 10.2. The van der Waals surface area contributed by atoms with Crippen LogP contribution in [0.2, 0.25) is 0 Å². The maximum atomic E-state index is 13.5. The molecule has 1 aromatic carbocycles. The molecule has 1 aromatic rings. The van der Waals surface area contributed by atoms with E-state index >= 15 is 0 Å². The molecule has 1 rings (SSSR count). The first kappa shape index (κ1) is 13.1. The Labute approximate surface area is 103 Å². The first-order valence-corrected chi connectivity index (χ1v) is 5.71. The van der Waals surface area contributed by atoms with E-state index in [1.807, 2.05) is 0 Å². The first-order valence-electron chi connectivity index (χ1n) is 4.92. The van der Waals surface area contributed by atoms with E-state index in [1.165, 1.54) is 11.0 Å². The Bertz CT molecular complexity index is 364. The number of benzene rings is 1. The number of nitrogens with zero attached hydrogens (tertiary/aromatic N) is 1. The third-order valence-corrected chi connectivity index (χ3v) is 2.88. The molecule has 0 aliphatic carbocycles. The SMILES string of the molecule is CNCCN(C)C(=O)c1c(F)cccc1Br. The summed E-state index contributed by atoms with van der Waals surface area (Å²) in [4.78, 5) is 13.4. The summed E-state index contributed by atoms with van der Waals surface area (Å²) < 4.78 is 14.0. The largest absolute Gasteiger partial charge is 0.340 e. The number of halogens is 2. The van der Waals surface area contributed by atoms with E-state index in [4.69, 9.17) is 0 Å². The third-order valence-electron chi connectivity index (χ3n) is 2.22. The van der Waals surface area contributed by atoms with E-state index < -0.39 is 5.82 Å². The molecule has 0 aliphatic rings. The van der Waals surface area contributed by atoms with E-state index in [0.717, 1.165) is 0 Å². The molecule has 88 valence electrons. The predicted octanol–water partition coefficient (Wildman–Crippen LogP) is 1.88. The molecule has 1 N–H and O–H groups in total. The van der Waals surface area contributed by atoms with Gasteiger partial charge in [-0.15, -0.1) is 0 Å². The van der Waals surface area contributed by atoms with Crippen molar-refractivity contribution < 1.29 is 9.18 Å². The Morgan fingerprint density at radius 2 is 2.25 bits per heavy atom. The standard InChI is InChI=1S/C11H14BrFN2O/c1-14-6-7-15(2)11(16)10-8(12)4-3-5-9(10)13/h3-5,14H,6-7H2,1-2H3. The molecule has 0 aliphatic heterocycles. The Balaban J connectivity index is 2.87. The highest BCUT2D eigenvalue weighted by atomic mass is 79.9. The van der Waals surface area contributed by atoms with Gasteiger partial charge in [0.25, 0.3) is 5.91 Å². The minimum Gasteiger partial charge on any atom is -0.340 e. The van der Waals surface area contributed by atoms with Gasteiger partial charge in [-0.2, -0.15) is 0 Å². The zero-order chi connectivity index (χ0) is 12.1. The minimum atomic E-state index is -0.504. The Kier molecular flexibility index (Phi) is 4.89. The van der Waals surface area contributed by atoms with Crippen molar-refractivity contribution in [3.05, 3.63) is 34.1 Å². The summed E-state index contributed by atoms with van der Waals surface area (Å²) in [7, 11) is 3.45. The number of carbonyl (C=O) groups excluding carboxylic acids is 1. The van der Waals surface area contributed by atoms with Crippen LogP contribution in [0.3, 0.4) is 0 Å². The maximum absolute atomic E-state index is 13.5. The van der Waals surface area contributed by atoms with Crippen LogP contribution in [0.1, 0.15) is 10.4 Å². The quantitative estimate of drug-likeness (QED) is 0.918. The van der Waals surface area contributed by atoms with E-state index in [9.17, 15) is 9.18 Å². The van der Waals surface area contributed by atoms with Crippen molar-refractivity contribution in [3.63, 3.8) is 0 Å². The molecule has 3 nitrogen and oxygen atoms in total. The van der Waals surface area contributed by atoms with Gasteiger partial charge in [0.15, 0.2) is 0 Å². The van der Waals surface area contributed by atoms with Crippen molar-refractivity contribution in [1.82, 2.24) is 10.2 Å². The monoisotopic (exact) mass is 288 g/mol. The third kappa shape index (κ3) is 3.02. The summed E-state index contributed by atoms with van der Waals surface area (Å²) in [5.74, 6) is -0.823. The van der Waals surface area contributed by atoms with Crippen molar-refractivity contribution >= 4 is 21.8 Å². The molecule has 0 saturated carbocycles. The van der Waals surface area contributed by atoms with Gasteiger partial charge in [-0.25, -0.2) is 4.39 Å². The summed E-state index contributed by atoms with van der Waals surface area (Å²) in [6.45, 7) is 1.21. The highest BCUT2D eigenvalue weighted by Crippen LogP contribution is 2.20. The molecule has 0 fully saturated rings. The molecule has 0 saturated heterocycles. The van der Waals surface area contributed by atoms with Crippen LogP contribution < -0.4 is 5.32 Å². The Hall–Kier alpha value is -0.940. The van der Waals surface area contributed by atoms with Gasteiger partial charge in [0, 0.05) is 24.6 Å². The molecular weight excluding hydrogens is 275 g/mol. The lowest BCUT2D eigenvalue weighted by Crippen LogP contribution is -2.33. The topological polar surface area (TPSA) is 32.3 Å². The molecule has 0 atom stereocenters. The number of likely N-dealkylation sites (N-methyl/N-ethyl adjacent to an activating group) is 2. The lowest BCUT2D eigenvalue weighted by molar-refractivity contribution is 0.0791. The van der Waals surface area contributed by atoms with Gasteiger partial charge >= 0.3 is 0 Å². The Morgan fingerprint density at radius 1 is 1.56 bits per heavy atom. The number of carbonyl (C=O) groups is 1. The fraction of sp³-hybridized carbons (Fsp3) is 0.364.